The highest BCUT2D eigenvalue weighted by Gasteiger charge is 2.35. The van der Waals surface area contributed by atoms with Crippen LogP contribution in [0.25, 0.3) is 10.6 Å². The number of thiophene rings is 1. The Morgan fingerprint density at radius 3 is 2.95 bits per heavy atom. The minimum Gasteiger partial charge on any atom is -0.319 e. The molecule has 2 aromatic heterocycles. The van der Waals surface area contributed by atoms with Gasteiger partial charge in [0.1, 0.15) is 5.01 Å². The van der Waals surface area contributed by atoms with Crippen LogP contribution in [0.2, 0.25) is 0 Å². The summed E-state index contributed by atoms with van der Waals surface area (Å²) in [4.78, 5) is 6.02. The van der Waals surface area contributed by atoms with Crippen molar-refractivity contribution in [3.63, 3.8) is 0 Å². The zero-order valence-electron chi connectivity index (χ0n) is 10.9. The number of hydrogen-bond donors (Lipinski definition) is 1. The summed E-state index contributed by atoms with van der Waals surface area (Å²) in [6.45, 7) is 2.30. The fourth-order valence-electron chi connectivity index (χ4n) is 2.85. The minimum atomic E-state index is -0.199. The monoisotopic (exact) mass is 356 g/mol. The van der Waals surface area contributed by atoms with Gasteiger partial charge in [-0.05, 0) is 40.8 Å². The maximum absolute atomic E-state index is 6.61. The van der Waals surface area contributed by atoms with Crippen molar-refractivity contribution >= 4 is 38.6 Å². The molecular weight excluding hydrogens is 340 g/mol. The van der Waals surface area contributed by atoms with Crippen molar-refractivity contribution < 1.29 is 0 Å². The second-order valence-corrected chi connectivity index (χ2v) is 8.21. The molecule has 1 fully saturated rings. The molecule has 0 spiro atoms. The average Bonchev–Trinajstić information content (AvgIpc) is 2.96. The van der Waals surface area contributed by atoms with Crippen LogP contribution in [0, 0.1) is 5.92 Å². The Kier molecular flexibility index (Phi) is 3.82. The Bertz CT molecular complexity index is 578. The third-order valence-electron chi connectivity index (χ3n) is 3.78. The molecule has 0 saturated heterocycles. The van der Waals surface area contributed by atoms with Crippen LogP contribution in [0.4, 0.5) is 0 Å². The summed E-state index contributed by atoms with van der Waals surface area (Å²) >= 11 is 6.93. The Labute approximate surface area is 130 Å². The van der Waals surface area contributed by atoms with Crippen LogP contribution < -0.4 is 5.73 Å². The fraction of sp³-hybridized carbons (Fsp3) is 0.500. The van der Waals surface area contributed by atoms with Gasteiger partial charge < -0.3 is 5.73 Å². The first-order chi connectivity index (χ1) is 9.07. The van der Waals surface area contributed by atoms with Gasteiger partial charge in [0.25, 0.3) is 0 Å². The van der Waals surface area contributed by atoms with Gasteiger partial charge in [-0.15, -0.1) is 22.7 Å². The summed E-state index contributed by atoms with van der Waals surface area (Å²) in [5.41, 5.74) is 7.48. The summed E-state index contributed by atoms with van der Waals surface area (Å²) in [6.07, 6.45) is 4.65. The summed E-state index contributed by atoms with van der Waals surface area (Å²) in [7, 11) is 0. The SMILES string of the molecule is CC1CCCC(N)(c2nc(-c3cc(Br)cs3)cs2)C1. The molecule has 1 aliphatic rings. The van der Waals surface area contributed by atoms with Crippen molar-refractivity contribution in [2.24, 2.45) is 11.7 Å². The number of hydrogen-bond acceptors (Lipinski definition) is 4. The van der Waals surface area contributed by atoms with Gasteiger partial charge in [0.05, 0.1) is 16.1 Å². The number of rotatable bonds is 2. The highest BCUT2D eigenvalue weighted by Crippen LogP contribution is 2.40. The largest absolute Gasteiger partial charge is 0.319 e. The number of aromatic nitrogens is 1. The lowest BCUT2D eigenvalue weighted by Crippen LogP contribution is -2.40. The smallest absolute Gasteiger partial charge is 0.113 e. The third-order valence-corrected chi connectivity index (χ3v) is 6.56. The van der Waals surface area contributed by atoms with Gasteiger partial charge >= 0.3 is 0 Å². The van der Waals surface area contributed by atoms with E-state index in [0.717, 1.165) is 28.0 Å². The van der Waals surface area contributed by atoms with E-state index in [0.29, 0.717) is 5.92 Å². The Morgan fingerprint density at radius 1 is 1.42 bits per heavy atom. The zero-order valence-corrected chi connectivity index (χ0v) is 14.1. The average molecular weight is 357 g/mol. The van der Waals surface area contributed by atoms with Crippen molar-refractivity contribution in [1.82, 2.24) is 4.98 Å². The quantitative estimate of drug-likeness (QED) is 0.822. The second-order valence-electron chi connectivity index (χ2n) is 5.52. The predicted octanol–water partition coefficient (Wildman–Crippen LogP) is 5.00. The van der Waals surface area contributed by atoms with Gasteiger partial charge in [0, 0.05) is 15.2 Å². The van der Waals surface area contributed by atoms with Gasteiger partial charge in [-0.1, -0.05) is 19.8 Å². The number of halogens is 1. The van der Waals surface area contributed by atoms with Crippen molar-refractivity contribution in [3.8, 4) is 10.6 Å². The van der Waals surface area contributed by atoms with E-state index < -0.39 is 0 Å². The summed E-state index contributed by atoms with van der Waals surface area (Å²) in [5.74, 6) is 0.710. The molecule has 0 radical (unpaired) electrons. The Balaban J connectivity index is 1.88. The zero-order chi connectivity index (χ0) is 13.5. The molecule has 1 aliphatic carbocycles. The standard InChI is InChI=1S/C14H17BrN2S2/c1-9-3-2-4-14(16,6-9)13-17-11(8-19-13)12-5-10(15)7-18-12/h5,7-9H,2-4,6,16H2,1H3. The molecule has 2 nitrogen and oxygen atoms in total. The molecular formula is C14H17BrN2S2. The molecule has 2 atom stereocenters. The maximum Gasteiger partial charge on any atom is 0.113 e. The van der Waals surface area contributed by atoms with E-state index in [9.17, 15) is 0 Å². The molecule has 2 N–H and O–H groups in total. The van der Waals surface area contributed by atoms with Gasteiger partial charge in [0.2, 0.25) is 0 Å². The van der Waals surface area contributed by atoms with Crippen molar-refractivity contribution in [3.05, 3.63) is 26.3 Å². The van der Waals surface area contributed by atoms with Crippen LogP contribution in [0.15, 0.2) is 21.3 Å². The lowest BCUT2D eigenvalue weighted by atomic mass is 9.77. The first-order valence-electron chi connectivity index (χ1n) is 6.56. The number of nitrogens with two attached hydrogens (primary N) is 1. The van der Waals surface area contributed by atoms with Gasteiger partial charge in [-0.2, -0.15) is 0 Å². The van der Waals surface area contributed by atoms with Crippen LogP contribution >= 0.6 is 38.6 Å². The van der Waals surface area contributed by atoms with Crippen molar-refractivity contribution in [2.45, 2.75) is 38.1 Å². The molecule has 19 heavy (non-hydrogen) atoms. The highest BCUT2D eigenvalue weighted by molar-refractivity contribution is 9.10. The predicted molar refractivity (Wildman–Crippen MR) is 86.6 cm³/mol. The molecule has 2 unspecified atom stereocenters. The lowest BCUT2D eigenvalue weighted by Gasteiger charge is -2.35. The summed E-state index contributed by atoms with van der Waals surface area (Å²) in [5, 5.41) is 5.34. The first kappa shape index (κ1) is 13.7. The molecule has 0 amide bonds. The molecule has 1 saturated carbocycles. The van der Waals surface area contributed by atoms with E-state index in [1.807, 2.05) is 0 Å². The van der Waals surface area contributed by atoms with Gasteiger partial charge in [-0.3, -0.25) is 0 Å². The number of nitrogens with zero attached hydrogens (tertiary/aromatic N) is 1. The van der Waals surface area contributed by atoms with E-state index in [1.165, 1.54) is 17.7 Å². The van der Waals surface area contributed by atoms with Crippen LogP contribution in [0.5, 0.6) is 0 Å². The Hall–Kier alpha value is -0.230. The fourth-order valence-corrected chi connectivity index (χ4v) is 5.29. The topological polar surface area (TPSA) is 38.9 Å². The minimum absolute atomic E-state index is 0.199. The van der Waals surface area contributed by atoms with Gasteiger partial charge in [0.15, 0.2) is 0 Å². The molecule has 2 heterocycles. The highest BCUT2D eigenvalue weighted by atomic mass is 79.9. The van der Waals surface area contributed by atoms with Crippen molar-refractivity contribution in [2.75, 3.05) is 0 Å². The third kappa shape index (κ3) is 2.79. The lowest BCUT2D eigenvalue weighted by molar-refractivity contribution is 0.238. The van der Waals surface area contributed by atoms with Crippen molar-refractivity contribution in [1.29, 1.82) is 0 Å². The van der Waals surface area contributed by atoms with E-state index in [2.05, 4.69) is 39.7 Å². The summed E-state index contributed by atoms with van der Waals surface area (Å²) < 4.78 is 1.12. The molecule has 3 rings (SSSR count). The van der Waals surface area contributed by atoms with Crippen LogP contribution in [-0.4, -0.2) is 4.98 Å². The molecule has 5 heteroatoms. The normalized spacial score (nSPS) is 27.6. The van der Waals surface area contributed by atoms with E-state index in [1.54, 1.807) is 22.7 Å². The van der Waals surface area contributed by atoms with E-state index >= 15 is 0 Å². The van der Waals surface area contributed by atoms with Crippen LogP contribution in [-0.2, 0) is 5.54 Å². The molecule has 0 bridgehead atoms. The van der Waals surface area contributed by atoms with E-state index in [-0.39, 0.29) is 5.54 Å². The maximum atomic E-state index is 6.61. The molecule has 102 valence electrons. The van der Waals surface area contributed by atoms with E-state index in [4.69, 9.17) is 10.7 Å². The summed E-state index contributed by atoms with van der Waals surface area (Å²) in [6, 6.07) is 2.12. The molecule has 2 aromatic rings. The second kappa shape index (κ2) is 5.28. The molecule has 0 aliphatic heterocycles. The van der Waals surface area contributed by atoms with Crippen LogP contribution in [0.1, 0.15) is 37.6 Å². The van der Waals surface area contributed by atoms with Crippen LogP contribution in [0.3, 0.4) is 0 Å². The Morgan fingerprint density at radius 2 is 2.26 bits per heavy atom. The first-order valence-corrected chi connectivity index (χ1v) is 9.11. The number of thiazole rings is 1. The molecule has 0 aromatic carbocycles. The van der Waals surface area contributed by atoms with Gasteiger partial charge in [-0.25, -0.2) is 4.98 Å².